The summed E-state index contributed by atoms with van der Waals surface area (Å²) in [5.74, 6) is 0. The molecule has 0 fully saturated rings. The molecule has 0 saturated heterocycles. The van der Waals surface area contributed by atoms with Crippen LogP contribution in [0.5, 0.6) is 0 Å². The van der Waals surface area contributed by atoms with Crippen molar-refractivity contribution in [2.75, 3.05) is 6.54 Å². The number of imidazole rings is 1. The van der Waals surface area contributed by atoms with Crippen LogP contribution in [-0.4, -0.2) is 20.7 Å². The lowest BCUT2D eigenvalue weighted by Gasteiger charge is -2.09. The van der Waals surface area contributed by atoms with Gasteiger partial charge in [0.2, 0.25) is 0 Å². The van der Waals surface area contributed by atoms with E-state index in [0.717, 1.165) is 26.2 Å². The normalized spacial score (nSPS) is 11.3. The lowest BCUT2D eigenvalue weighted by molar-refractivity contribution is 0.679. The molecule has 4 heteroatoms. The zero-order valence-corrected chi connectivity index (χ0v) is 12.7. The Bertz CT molecular complexity index is 723. The van der Waals surface area contributed by atoms with E-state index in [0.29, 0.717) is 0 Å². The monoisotopic (exact) mass is 282 g/mol. The van der Waals surface area contributed by atoms with Crippen molar-refractivity contribution < 1.29 is 0 Å². The molecule has 0 saturated carbocycles. The summed E-state index contributed by atoms with van der Waals surface area (Å²) in [6.45, 7) is 8.02. The van der Waals surface area contributed by atoms with E-state index < -0.39 is 0 Å². The summed E-state index contributed by atoms with van der Waals surface area (Å²) in [5, 5.41) is 4.74. The highest BCUT2D eigenvalue weighted by molar-refractivity contribution is 5.83. The Hall–Kier alpha value is -2.07. The van der Waals surface area contributed by atoms with Gasteiger partial charge in [0.05, 0.1) is 18.6 Å². The molecule has 0 aliphatic heterocycles. The average Bonchev–Trinajstić information content (AvgIpc) is 3.13. The summed E-state index contributed by atoms with van der Waals surface area (Å²) >= 11 is 0. The third-order valence-corrected chi connectivity index (χ3v) is 3.94. The van der Waals surface area contributed by atoms with E-state index in [1.54, 1.807) is 0 Å². The van der Waals surface area contributed by atoms with Crippen molar-refractivity contribution in [2.24, 2.45) is 0 Å². The van der Waals surface area contributed by atoms with E-state index in [1.807, 2.05) is 12.5 Å². The molecule has 4 nitrogen and oxygen atoms in total. The van der Waals surface area contributed by atoms with E-state index in [-0.39, 0.29) is 0 Å². The van der Waals surface area contributed by atoms with Crippen molar-refractivity contribution in [3.63, 3.8) is 0 Å². The molecule has 21 heavy (non-hydrogen) atoms. The minimum atomic E-state index is 0.863. The number of fused-ring (bicyclic) bond motifs is 1. The quantitative estimate of drug-likeness (QED) is 0.754. The average molecular weight is 282 g/mol. The summed E-state index contributed by atoms with van der Waals surface area (Å²) < 4.78 is 4.49. The van der Waals surface area contributed by atoms with Gasteiger partial charge in [0.25, 0.3) is 0 Å². The van der Waals surface area contributed by atoms with E-state index in [2.05, 4.69) is 63.7 Å². The second-order valence-corrected chi connectivity index (χ2v) is 5.24. The van der Waals surface area contributed by atoms with E-state index in [4.69, 9.17) is 0 Å². The van der Waals surface area contributed by atoms with Crippen LogP contribution in [0.15, 0.2) is 43.0 Å². The minimum absolute atomic E-state index is 0.863. The van der Waals surface area contributed by atoms with Gasteiger partial charge in [-0.15, -0.1) is 0 Å². The second kappa shape index (κ2) is 6.14. The van der Waals surface area contributed by atoms with Gasteiger partial charge in [-0.3, -0.25) is 0 Å². The lowest BCUT2D eigenvalue weighted by atomic mass is 10.1. The maximum Gasteiger partial charge on any atom is 0.0948 e. The fraction of sp³-hybridized carbons (Fsp3) is 0.353. The van der Waals surface area contributed by atoms with Gasteiger partial charge in [-0.05, 0) is 31.2 Å². The molecule has 0 atom stereocenters. The van der Waals surface area contributed by atoms with Crippen LogP contribution in [-0.2, 0) is 19.6 Å². The van der Waals surface area contributed by atoms with Crippen molar-refractivity contribution in [2.45, 2.75) is 33.5 Å². The van der Waals surface area contributed by atoms with Crippen LogP contribution >= 0.6 is 0 Å². The zero-order chi connectivity index (χ0) is 14.7. The highest BCUT2D eigenvalue weighted by atomic mass is 15.1. The summed E-state index contributed by atoms with van der Waals surface area (Å²) in [5.41, 5.74) is 3.89. The molecule has 0 aliphatic rings. The maximum absolute atomic E-state index is 4.25. The van der Waals surface area contributed by atoms with Crippen LogP contribution in [0.25, 0.3) is 10.9 Å². The van der Waals surface area contributed by atoms with Gasteiger partial charge < -0.3 is 14.5 Å². The van der Waals surface area contributed by atoms with Gasteiger partial charge in [0.1, 0.15) is 0 Å². The first kappa shape index (κ1) is 13.9. The molecule has 0 spiro atoms. The summed E-state index contributed by atoms with van der Waals surface area (Å²) in [4.78, 5) is 4.25. The molecule has 0 amide bonds. The van der Waals surface area contributed by atoms with Crippen LogP contribution in [0.1, 0.15) is 25.1 Å². The van der Waals surface area contributed by atoms with E-state index in [1.165, 1.54) is 22.2 Å². The Kier molecular flexibility index (Phi) is 4.06. The molecule has 1 N–H and O–H groups in total. The van der Waals surface area contributed by atoms with Gasteiger partial charge in [-0.2, -0.15) is 0 Å². The van der Waals surface area contributed by atoms with E-state index >= 15 is 0 Å². The van der Waals surface area contributed by atoms with Crippen molar-refractivity contribution in [3.05, 3.63) is 54.2 Å². The molecule has 0 bridgehead atoms. The van der Waals surface area contributed by atoms with Crippen molar-refractivity contribution in [3.8, 4) is 0 Å². The highest BCUT2D eigenvalue weighted by Gasteiger charge is 2.07. The topological polar surface area (TPSA) is 34.8 Å². The minimum Gasteiger partial charge on any atom is -0.341 e. The molecule has 0 radical (unpaired) electrons. The van der Waals surface area contributed by atoms with Gasteiger partial charge in [-0.25, -0.2) is 4.98 Å². The molecule has 3 aromatic rings. The first-order valence-corrected chi connectivity index (χ1v) is 7.60. The Balaban J connectivity index is 1.93. The highest BCUT2D eigenvalue weighted by Crippen LogP contribution is 2.21. The maximum atomic E-state index is 4.25. The van der Waals surface area contributed by atoms with Crippen LogP contribution in [0, 0.1) is 0 Å². The molecule has 0 aliphatic carbocycles. The SMILES string of the molecule is CCNCc1cccc2c1ccn2Cc1cncn1CC. The fourth-order valence-corrected chi connectivity index (χ4v) is 2.78. The molecule has 0 unspecified atom stereocenters. The second-order valence-electron chi connectivity index (χ2n) is 5.24. The number of rotatable bonds is 6. The smallest absolute Gasteiger partial charge is 0.0948 e. The molecule has 1 aromatic carbocycles. The number of hydrogen-bond donors (Lipinski definition) is 1. The number of benzene rings is 1. The first-order chi connectivity index (χ1) is 10.3. The Morgan fingerprint density at radius 3 is 2.86 bits per heavy atom. The van der Waals surface area contributed by atoms with Crippen LogP contribution < -0.4 is 5.32 Å². The summed E-state index contributed by atoms with van der Waals surface area (Å²) in [6.07, 6.45) is 6.03. The predicted molar refractivity (Wildman–Crippen MR) is 86.3 cm³/mol. The largest absolute Gasteiger partial charge is 0.341 e. The number of nitrogens with zero attached hydrogens (tertiary/aromatic N) is 3. The standard InChI is InChI=1S/C17H22N4/c1-3-18-10-14-6-5-7-17-16(14)8-9-21(17)12-15-11-19-13-20(15)4-2/h5-9,11,13,18H,3-4,10,12H2,1-2H3. The molecule has 3 rings (SSSR count). The summed E-state index contributed by atoms with van der Waals surface area (Å²) in [6, 6.07) is 8.75. The molecular formula is C17H22N4. The van der Waals surface area contributed by atoms with Gasteiger partial charge >= 0.3 is 0 Å². The lowest BCUT2D eigenvalue weighted by Crippen LogP contribution is -2.11. The number of nitrogens with one attached hydrogen (secondary N) is 1. The van der Waals surface area contributed by atoms with Gasteiger partial charge in [0.15, 0.2) is 0 Å². The molecule has 2 aromatic heterocycles. The molecular weight excluding hydrogens is 260 g/mol. The van der Waals surface area contributed by atoms with Crippen LogP contribution in [0.3, 0.4) is 0 Å². The Labute approximate surface area is 125 Å². The Morgan fingerprint density at radius 2 is 2.05 bits per heavy atom. The Morgan fingerprint density at radius 1 is 1.14 bits per heavy atom. The zero-order valence-electron chi connectivity index (χ0n) is 12.7. The predicted octanol–water partition coefficient (Wildman–Crippen LogP) is 3.02. The van der Waals surface area contributed by atoms with Crippen molar-refractivity contribution >= 4 is 10.9 Å². The van der Waals surface area contributed by atoms with E-state index in [9.17, 15) is 0 Å². The van der Waals surface area contributed by atoms with Gasteiger partial charge in [-0.1, -0.05) is 19.1 Å². The van der Waals surface area contributed by atoms with Crippen LogP contribution in [0.4, 0.5) is 0 Å². The third-order valence-electron chi connectivity index (χ3n) is 3.94. The number of aryl methyl sites for hydroxylation is 1. The third kappa shape index (κ3) is 2.72. The van der Waals surface area contributed by atoms with Crippen molar-refractivity contribution in [1.29, 1.82) is 0 Å². The van der Waals surface area contributed by atoms with Crippen molar-refractivity contribution in [1.82, 2.24) is 19.4 Å². The number of hydrogen-bond acceptors (Lipinski definition) is 2. The first-order valence-electron chi connectivity index (χ1n) is 7.60. The summed E-state index contributed by atoms with van der Waals surface area (Å²) in [7, 11) is 0. The number of aromatic nitrogens is 3. The fourth-order valence-electron chi connectivity index (χ4n) is 2.78. The molecule has 110 valence electrons. The molecule has 2 heterocycles. The van der Waals surface area contributed by atoms with Crippen LogP contribution in [0.2, 0.25) is 0 Å². The van der Waals surface area contributed by atoms with Gasteiger partial charge in [0, 0.05) is 36.4 Å².